The first kappa shape index (κ1) is 13.6. The SMILES string of the molecule is COC(C)(C)C(=O)Nc1ccc(CN)cc1F. The van der Waals surface area contributed by atoms with Gasteiger partial charge in [0.2, 0.25) is 0 Å². The molecule has 1 amide bonds. The monoisotopic (exact) mass is 240 g/mol. The van der Waals surface area contributed by atoms with Crippen LogP contribution in [-0.2, 0) is 16.1 Å². The minimum absolute atomic E-state index is 0.123. The molecule has 0 aliphatic rings. The van der Waals surface area contributed by atoms with Gasteiger partial charge in [0.05, 0.1) is 5.69 Å². The fourth-order valence-electron chi connectivity index (χ4n) is 1.15. The highest BCUT2D eigenvalue weighted by atomic mass is 19.1. The largest absolute Gasteiger partial charge is 0.369 e. The van der Waals surface area contributed by atoms with E-state index in [4.69, 9.17) is 10.5 Å². The summed E-state index contributed by atoms with van der Waals surface area (Å²) in [6.45, 7) is 3.47. The summed E-state index contributed by atoms with van der Waals surface area (Å²) in [5.41, 5.74) is 5.18. The number of nitrogens with one attached hydrogen (secondary N) is 1. The molecule has 0 spiro atoms. The van der Waals surface area contributed by atoms with Crippen molar-refractivity contribution in [1.82, 2.24) is 0 Å². The van der Waals surface area contributed by atoms with Gasteiger partial charge in [0.1, 0.15) is 11.4 Å². The highest BCUT2D eigenvalue weighted by molar-refractivity contribution is 5.96. The van der Waals surface area contributed by atoms with Crippen molar-refractivity contribution in [3.8, 4) is 0 Å². The minimum atomic E-state index is -1.00. The first-order valence-electron chi connectivity index (χ1n) is 5.26. The molecule has 0 saturated heterocycles. The maximum Gasteiger partial charge on any atom is 0.256 e. The molecule has 0 heterocycles. The quantitative estimate of drug-likeness (QED) is 0.841. The third kappa shape index (κ3) is 3.25. The van der Waals surface area contributed by atoms with Gasteiger partial charge in [-0.1, -0.05) is 6.07 Å². The highest BCUT2D eigenvalue weighted by Crippen LogP contribution is 2.18. The molecule has 0 saturated carbocycles. The van der Waals surface area contributed by atoms with Crippen LogP contribution in [0.2, 0.25) is 0 Å². The molecule has 94 valence electrons. The number of methoxy groups -OCH3 is 1. The molecule has 0 unspecified atom stereocenters. The molecule has 1 aromatic carbocycles. The minimum Gasteiger partial charge on any atom is -0.369 e. The number of halogens is 1. The number of benzene rings is 1. The van der Waals surface area contributed by atoms with E-state index in [0.717, 1.165) is 0 Å². The van der Waals surface area contributed by atoms with Crippen LogP contribution in [0.15, 0.2) is 18.2 Å². The zero-order chi connectivity index (χ0) is 13.1. The third-order valence-electron chi connectivity index (χ3n) is 2.57. The smallest absolute Gasteiger partial charge is 0.256 e. The summed E-state index contributed by atoms with van der Waals surface area (Å²) in [6, 6.07) is 4.45. The topological polar surface area (TPSA) is 64.3 Å². The summed E-state index contributed by atoms with van der Waals surface area (Å²) >= 11 is 0. The molecule has 1 aromatic rings. The van der Waals surface area contributed by atoms with Crippen LogP contribution in [0.4, 0.5) is 10.1 Å². The van der Waals surface area contributed by atoms with Gasteiger partial charge in [-0.2, -0.15) is 0 Å². The van der Waals surface area contributed by atoms with E-state index in [1.807, 2.05) is 0 Å². The number of carbonyl (C=O) groups is 1. The van der Waals surface area contributed by atoms with Crippen molar-refractivity contribution in [2.24, 2.45) is 5.73 Å². The summed E-state index contributed by atoms with van der Waals surface area (Å²) in [7, 11) is 1.42. The Morgan fingerprint density at radius 2 is 2.18 bits per heavy atom. The molecule has 17 heavy (non-hydrogen) atoms. The summed E-state index contributed by atoms with van der Waals surface area (Å²) in [5.74, 6) is -0.910. The van der Waals surface area contributed by atoms with Gasteiger partial charge in [-0.25, -0.2) is 4.39 Å². The van der Waals surface area contributed by atoms with Gasteiger partial charge in [0.15, 0.2) is 0 Å². The number of ether oxygens (including phenoxy) is 1. The van der Waals surface area contributed by atoms with Crippen LogP contribution in [0.5, 0.6) is 0 Å². The van der Waals surface area contributed by atoms with Crippen molar-refractivity contribution in [2.75, 3.05) is 12.4 Å². The molecule has 0 aliphatic heterocycles. The average molecular weight is 240 g/mol. The highest BCUT2D eigenvalue weighted by Gasteiger charge is 2.27. The number of amides is 1. The molecule has 0 fully saturated rings. The molecule has 3 N–H and O–H groups in total. The Morgan fingerprint density at radius 3 is 2.65 bits per heavy atom. The lowest BCUT2D eigenvalue weighted by Gasteiger charge is -2.21. The van der Waals surface area contributed by atoms with Crippen molar-refractivity contribution in [1.29, 1.82) is 0 Å². The zero-order valence-electron chi connectivity index (χ0n) is 10.2. The maximum absolute atomic E-state index is 13.6. The van der Waals surface area contributed by atoms with Crippen LogP contribution >= 0.6 is 0 Å². The van der Waals surface area contributed by atoms with E-state index in [2.05, 4.69) is 5.32 Å². The van der Waals surface area contributed by atoms with Gasteiger partial charge in [-0.05, 0) is 31.5 Å². The number of hydrogen-bond donors (Lipinski definition) is 2. The van der Waals surface area contributed by atoms with Crippen LogP contribution in [-0.4, -0.2) is 18.6 Å². The van der Waals surface area contributed by atoms with Gasteiger partial charge < -0.3 is 15.8 Å². The van der Waals surface area contributed by atoms with Crippen LogP contribution in [0.1, 0.15) is 19.4 Å². The third-order valence-corrected chi connectivity index (χ3v) is 2.57. The number of hydrogen-bond acceptors (Lipinski definition) is 3. The molecule has 0 radical (unpaired) electrons. The van der Waals surface area contributed by atoms with E-state index in [9.17, 15) is 9.18 Å². The number of carbonyl (C=O) groups excluding carboxylic acids is 1. The molecule has 4 nitrogen and oxygen atoms in total. The Kier molecular flexibility index (Phi) is 4.20. The van der Waals surface area contributed by atoms with Gasteiger partial charge in [-0.3, -0.25) is 4.79 Å². The summed E-state index contributed by atoms with van der Waals surface area (Å²) in [5, 5.41) is 2.47. The second-order valence-electron chi connectivity index (χ2n) is 4.19. The number of anilines is 1. The normalized spacial score (nSPS) is 11.4. The van der Waals surface area contributed by atoms with Crippen LogP contribution in [0, 0.1) is 5.82 Å². The van der Waals surface area contributed by atoms with Gasteiger partial charge in [0.25, 0.3) is 5.91 Å². The molecule has 1 rings (SSSR count). The van der Waals surface area contributed by atoms with Gasteiger partial charge in [0, 0.05) is 13.7 Å². The van der Waals surface area contributed by atoms with Crippen molar-refractivity contribution in [2.45, 2.75) is 26.0 Å². The zero-order valence-corrected chi connectivity index (χ0v) is 10.2. The lowest BCUT2D eigenvalue weighted by Crippen LogP contribution is -2.39. The van der Waals surface area contributed by atoms with Crippen molar-refractivity contribution < 1.29 is 13.9 Å². The molecule has 0 bridgehead atoms. The number of rotatable bonds is 4. The first-order chi connectivity index (χ1) is 7.90. The van der Waals surface area contributed by atoms with E-state index in [1.165, 1.54) is 19.2 Å². The van der Waals surface area contributed by atoms with E-state index < -0.39 is 17.3 Å². The Balaban J connectivity index is 2.86. The van der Waals surface area contributed by atoms with E-state index in [0.29, 0.717) is 5.56 Å². The Morgan fingerprint density at radius 1 is 1.53 bits per heavy atom. The van der Waals surface area contributed by atoms with Crippen molar-refractivity contribution >= 4 is 11.6 Å². The van der Waals surface area contributed by atoms with Gasteiger partial charge in [-0.15, -0.1) is 0 Å². The molecule has 5 heteroatoms. The Hall–Kier alpha value is -1.46. The molecule has 0 aromatic heterocycles. The second-order valence-corrected chi connectivity index (χ2v) is 4.19. The standard InChI is InChI=1S/C12H17FN2O2/c1-12(2,17-3)11(16)15-10-5-4-8(7-14)6-9(10)13/h4-6H,7,14H2,1-3H3,(H,15,16). The molecular weight excluding hydrogens is 223 g/mol. The van der Waals surface area contributed by atoms with Crippen LogP contribution in [0.25, 0.3) is 0 Å². The van der Waals surface area contributed by atoms with E-state index >= 15 is 0 Å². The summed E-state index contributed by atoms with van der Waals surface area (Å²) < 4.78 is 18.6. The fraction of sp³-hybridized carbons (Fsp3) is 0.417. The predicted octanol–water partition coefficient (Wildman–Crippen LogP) is 1.65. The maximum atomic E-state index is 13.6. The Labute approximate surface area is 100.0 Å². The van der Waals surface area contributed by atoms with Gasteiger partial charge >= 0.3 is 0 Å². The average Bonchev–Trinajstić information content (AvgIpc) is 2.31. The number of nitrogens with two attached hydrogens (primary N) is 1. The van der Waals surface area contributed by atoms with E-state index in [1.54, 1.807) is 19.9 Å². The Bertz CT molecular complexity index is 419. The summed E-state index contributed by atoms with van der Waals surface area (Å²) in [4.78, 5) is 11.7. The predicted molar refractivity (Wildman–Crippen MR) is 64.0 cm³/mol. The molecule has 0 atom stereocenters. The lowest BCUT2D eigenvalue weighted by atomic mass is 10.1. The fourth-order valence-corrected chi connectivity index (χ4v) is 1.15. The van der Waals surface area contributed by atoms with Crippen molar-refractivity contribution in [3.05, 3.63) is 29.6 Å². The van der Waals surface area contributed by atoms with Crippen LogP contribution in [0.3, 0.4) is 0 Å². The van der Waals surface area contributed by atoms with Crippen LogP contribution < -0.4 is 11.1 Å². The second kappa shape index (κ2) is 5.25. The van der Waals surface area contributed by atoms with E-state index in [-0.39, 0.29) is 12.2 Å². The first-order valence-corrected chi connectivity index (χ1v) is 5.26. The molecule has 0 aliphatic carbocycles. The molecular formula is C12H17FN2O2. The van der Waals surface area contributed by atoms with Crippen molar-refractivity contribution in [3.63, 3.8) is 0 Å². The summed E-state index contributed by atoms with van der Waals surface area (Å²) in [6.07, 6.45) is 0. The lowest BCUT2D eigenvalue weighted by molar-refractivity contribution is -0.133.